The number of thiophene rings is 1. The molecule has 0 spiro atoms. The Kier molecular flexibility index (Phi) is 3.72. The van der Waals surface area contributed by atoms with Crippen molar-refractivity contribution in [3.05, 3.63) is 29.4 Å². The SMILES string of the molecule is CC(=O)CN(C)c1ncc(-c2sccc2C)cn1. The van der Waals surface area contributed by atoms with E-state index in [9.17, 15) is 4.79 Å². The highest BCUT2D eigenvalue weighted by atomic mass is 32.1. The Morgan fingerprint density at radius 2 is 2.06 bits per heavy atom. The fourth-order valence-electron chi connectivity index (χ4n) is 1.71. The minimum Gasteiger partial charge on any atom is -0.337 e. The van der Waals surface area contributed by atoms with E-state index in [1.54, 1.807) is 35.6 Å². The van der Waals surface area contributed by atoms with Gasteiger partial charge in [0.2, 0.25) is 5.95 Å². The number of anilines is 1. The minimum atomic E-state index is 0.0966. The highest BCUT2D eigenvalue weighted by molar-refractivity contribution is 7.13. The van der Waals surface area contributed by atoms with Gasteiger partial charge in [0, 0.05) is 29.9 Å². The molecule has 0 unspecified atom stereocenters. The smallest absolute Gasteiger partial charge is 0.225 e. The van der Waals surface area contributed by atoms with Crippen LogP contribution >= 0.6 is 11.3 Å². The van der Waals surface area contributed by atoms with Crippen LogP contribution in [0, 0.1) is 6.92 Å². The molecular weight excluding hydrogens is 246 g/mol. The Morgan fingerprint density at radius 1 is 1.39 bits per heavy atom. The topological polar surface area (TPSA) is 46.1 Å². The van der Waals surface area contributed by atoms with Crippen LogP contribution in [0.4, 0.5) is 5.95 Å². The molecule has 0 atom stereocenters. The average molecular weight is 261 g/mol. The van der Waals surface area contributed by atoms with Crippen LogP contribution in [-0.4, -0.2) is 29.3 Å². The van der Waals surface area contributed by atoms with Gasteiger partial charge in [-0.15, -0.1) is 11.3 Å². The Hall–Kier alpha value is -1.75. The van der Waals surface area contributed by atoms with E-state index in [4.69, 9.17) is 0 Å². The molecule has 0 aliphatic carbocycles. The van der Waals surface area contributed by atoms with Crippen molar-refractivity contribution in [3.63, 3.8) is 0 Å². The third-order valence-corrected chi connectivity index (χ3v) is 3.63. The quantitative estimate of drug-likeness (QED) is 0.848. The molecule has 0 aliphatic rings. The Morgan fingerprint density at radius 3 is 2.56 bits per heavy atom. The summed E-state index contributed by atoms with van der Waals surface area (Å²) in [5, 5.41) is 2.06. The lowest BCUT2D eigenvalue weighted by Crippen LogP contribution is -2.25. The molecule has 0 saturated carbocycles. The Labute approximate surface area is 110 Å². The molecule has 18 heavy (non-hydrogen) atoms. The van der Waals surface area contributed by atoms with Gasteiger partial charge in [-0.1, -0.05) is 0 Å². The molecule has 5 heteroatoms. The van der Waals surface area contributed by atoms with Crippen molar-refractivity contribution in [2.24, 2.45) is 0 Å². The van der Waals surface area contributed by atoms with Crippen molar-refractivity contribution < 1.29 is 4.79 Å². The number of rotatable bonds is 4. The first-order valence-corrected chi connectivity index (χ1v) is 6.53. The second-order valence-corrected chi connectivity index (χ2v) is 5.18. The summed E-state index contributed by atoms with van der Waals surface area (Å²) in [6, 6.07) is 2.08. The Bertz CT molecular complexity index is 548. The molecule has 2 aromatic rings. The van der Waals surface area contributed by atoms with Crippen LogP contribution in [0.5, 0.6) is 0 Å². The molecule has 0 radical (unpaired) electrons. The minimum absolute atomic E-state index is 0.0966. The number of aryl methyl sites for hydroxylation is 1. The first kappa shape index (κ1) is 12.7. The van der Waals surface area contributed by atoms with E-state index in [0.29, 0.717) is 12.5 Å². The van der Waals surface area contributed by atoms with Gasteiger partial charge in [0.15, 0.2) is 0 Å². The fraction of sp³-hybridized carbons (Fsp3) is 0.308. The molecule has 0 N–H and O–H groups in total. The lowest BCUT2D eigenvalue weighted by Gasteiger charge is -2.14. The summed E-state index contributed by atoms with van der Waals surface area (Å²) in [5.74, 6) is 0.669. The van der Waals surface area contributed by atoms with E-state index in [2.05, 4.69) is 28.3 Å². The molecule has 2 aromatic heterocycles. The van der Waals surface area contributed by atoms with Crippen LogP contribution in [0.2, 0.25) is 0 Å². The van der Waals surface area contributed by atoms with Gasteiger partial charge in [0.1, 0.15) is 5.78 Å². The summed E-state index contributed by atoms with van der Waals surface area (Å²) in [4.78, 5) is 22.6. The lowest BCUT2D eigenvalue weighted by molar-refractivity contribution is -0.115. The number of Topliss-reactive ketones (excluding diaryl/α,β-unsaturated/α-hetero) is 1. The molecule has 0 bridgehead atoms. The van der Waals surface area contributed by atoms with E-state index in [1.807, 2.05) is 7.05 Å². The summed E-state index contributed by atoms with van der Waals surface area (Å²) < 4.78 is 0. The average Bonchev–Trinajstić information content (AvgIpc) is 2.75. The highest BCUT2D eigenvalue weighted by Crippen LogP contribution is 2.28. The predicted octanol–water partition coefficient (Wildman–Crippen LogP) is 2.54. The monoisotopic (exact) mass is 261 g/mol. The van der Waals surface area contributed by atoms with Crippen molar-refractivity contribution in [1.82, 2.24) is 9.97 Å². The molecule has 2 heterocycles. The molecule has 4 nitrogen and oxygen atoms in total. The van der Waals surface area contributed by atoms with E-state index in [1.165, 1.54) is 10.4 Å². The van der Waals surface area contributed by atoms with Crippen LogP contribution < -0.4 is 4.90 Å². The third-order valence-electron chi connectivity index (χ3n) is 2.56. The summed E-state index contributed by atoms with van der Waals surface area (Å²) in [6.45, 7) is 3.96. The van der Waals surface area contributed by atoms with Crippen molar-refractivity contribution in [2.75, 3.05) is 18.5 Å². The second kappa shape index (κ2) is 5.27. The highest BCUT2D eigenvalue weighted by Gasteiger charge is 2.08. The number of carbonyl (C=O) groups is 1. The third kappa shape index (κ3) is 2.73. The van der Waals surface area contributed by atoms with Gasteiger partial charge in [-0.25, -0.2) is 9.97 Å². The van der Waals surface area contributed by atoms with Crippen LogP contribution in [0.15, 0.2) is 23.8 Å². The van der Waals surface area contributed by atoms with Crippen LogP contribution in [0.25, 0.3) is 10.4 Å². The van der Waals surface area contributed by atoms with Gasteiger partial charge in [-0.2, -0.15) is 0 Å². The van der Waals surface area contributed by atoms with Gasteiger partial charge in [0.25, 0.3) is 0 Å². The number of likely N-dealkylation sites (N-methyl/N-ethyl adjacent to an activating group) is 1. The molecule has 0 fully saturated rings. The zero-order valence-electron chi connectivity index (χ0n) is 10.7. The first-order valence-electron chi connectivity index (χ1n) is 5.65. The maximum Gasteiger partial charge on any atom is 0.225 e. The van der Waals surface area contributed by atoms with E-state index < -0.39 is 0 Å². The molecule has 0 aromatic carbocycles. The molecule has 2 rings (SSSR count). The van der Waals surface area contributed by atoms with Gasteiger partial charge in [-0.05, 0) is 30.9 Å². The summed E-state index contributed by atoms with van der Waals surface area (Å²) in [6.07, 6.45) is 3.61. The van der Waals surface area contributed by atoms with E-state index in [0.717, 1.165) is 5.56 Å². The van der Waals surface area contributed by atoms with Crippen molar-refractivity contribution in [1.29, 1.82) is 0 Å². The van der Waals surface area contributed by atoms with Crippen LogP contribution in [-0.2, 0) is 4.79 Å². The van der Waals surface area contributed by atoms with Crippen LogP contribution in [0.1, 0.15) is 12.5 Å². The van der Waals surface area contributed by atoms with Crippen molar-refractivity contribution >= 4 is 23.1 Å². The molecular formula is C13H15N3OS. The van der Waals surface area contributed by atoms with Gasteiger partial charge in [-0.3, -0.25) is 4.79 Å². The van der Waals surface area contributed by atoms with E-state index >= 15 is 0 Å². The molecule has 0 amide bonds. The normalized spacial score (nSPS) is 10.4. The summed E-state index contributed by atoms with van der Waals surface area (Å²) >= 11 is 1.68. The van der Waals surface area contributed by atoms with E-state index in [-0.39, 0.29) is 5.78 Å². The number of hydrogen-bond acceptors (Lipinski definition) is 5. The Balaban J connectivity index is 2.20. The second-order valence-electron chi connectivity index (χ2n) is 4.26. The number of aromatic nitrogens is 2. The predicted molar refractivity (Wildman–Crippen MR) is 74.0 cm³/mol. The zero-order chi connectivity index (χ0) is 13.1. The van der Waals surface area contributed by atoms with Gasteiger partial charge in [0.05, 0.1) is 6.54 Å². The lowest BCUT2D eigenvalue weighted by atomic mass is 10.2. The van der Waals surface area contributed by atoms with Crippen molar-refractivity contribution in [3.8, 4) is 10.4 Å². The number of hydrogen-bond donors (Lipinski definition) is 0. The maximum atomic E-state index is 11.0. The van der Waals surface area contributed by atoms with Crippen LogP contribution in [0.3, 0.4) is 0 Å². The summed E-state index contributed by atoms with van der Waals surface area (Å²) in [7, 11) is 1.81. The number of carbonyl (C=O) groups excluding carboxylic acids is 1. The molecule has 0 saturated heterocycles. The fourth-order valence-corrected chi connectivity index (χ4v) is 2.61. The van der Waals surface area contributed by atoms with Crippen molar-refractivity contribution in [2.45, 2.75) is 13.8 Å². The zero-order valence-corrected chi connectivity index (χ0v) is 11.5. The van der Waals surface area contributed by atoms with Gasteiger partial charge >= 0.3 is 0 Å². The van der Waals surface area contributed by atoms with Gasteiger partial charge < -0.3 is 4.90 Å². The standard InChI is InChI=1S/C13H15N3OS/c1-9-4-5-18-12(9)11-6-14-13(15-7-11)16(3)8-10(2)17/h4-7H,8H2,1-3H3. The molecule has 0 aliphatic heterocycles. The number of nitrogens with zero attached hydrogens (tertiary/aromatic N) is 3. The number of ketones is 1. The molecule has 94 valence electrons. The first-order chi connectivity index (χ1) is 8.58. The largest absolute Gasteiger partial charge is 0.337 e. The summed E-state index contributed by atoms with van der Waals surface area (Å²) in [5.41, 5.74) is 2.25. The maximum absolute atomic E-state index is 11.0.